The Kier molecular flexibility index (Phi) is 7.11. The molecule has 0 aliphatic rings. The first-order valence-electron chi connectivity index (χ1n) is 4.65. The molecule has 2 N–H and O–H groups in total. The third kappa shape index (κ3) is 6.38. The van der Waals surface area contributed by atoms with Crippen molar-refractivity contribution in [1.82, 2.24) is 5.32 Å². The zero-order valence-electron chi connectivity index (χ0n) is 8.21. The Hall–Kier alpha value is -0.340. The molecule has 0 spiro atoms. The lowest BCUT2D eigenvalue weighted by molar-refractivity contribution is 0.230. The van der Waals surface area contributed by atoms with E-state index in [1.807, 2.05) is 13.0 Å². The first-order valence-corrected chi connectivity index (χ1v) is 4.65. The maximum absolute atomic E-state index is 8.77. The Morgan fingerprint density at radius 2 is 2.17 bits per heavy atom. The number of hydrogen-bond acceptors (Lipinski definition) is 2. The molecule has 0 aliphatic heterocycles. The van der Waals surface area contributed by atoms with E-state index >= 15 is 0 Å². The third-order valence-electron chi connectivity index (χ3n) is 1.93. The summed E-state index contributed by atoms with van der Waals surface area (Å²) in [6.45, 7) is 9.03. The summed E-state index contributed by atoms with van der Waals surface area (Å²) < 4.78 is 0. The van der Waals surface area contributed by atoms with Crippen molar-refractivity contribution >= 4 is 0 Å². The number of allylic oxidation sites excluding steroid dienone is 1. The molecule has 72 valence electrons. The van der Waals surface area contributed by atoms with Crippen LogP contribution in [0.2, 0.25) is 0 Å². The summed E-state index contributed by atoms with van der Waals surface area (Å²) >= 11 is 0. The minimum Gasteiger partial charge on any atom is -0.396 e. The molecular weight excluding hydrogens is 150 g/mol. The van der Waals surface area contributed by atoms with Gasteiger partial charge < -0.3 is 10.4 Å². The van der Waals surface area contributed by atoms with E-state index in [0.717, 1.165) is 19.4 Å². The van der Waals surface area contributed by atoms with Gasteiger partial charge in [0.25, 0.3) is 0 Å². The summed E-state index contributed by atoms with van der Waals surface area (Å²) in [4.78, 5) is 0. The van der Waals surface area contributed by atoms with Crippen molar-refractivity contribution in [3.8, 4) is 0 Å². The number of aliphatic hydroxyl groups is 1. The normalized spacial score (nSPS) is 15.6. The summed E-state index contributed by atoms with van der Waals surface area (Å²) in [6.07, 6.45) is 4.12. The molecule has 2 unspecified atom stereocenters. The molecule has 2 heteroatoms. The van der Waals surface area contributed by atoms with Crippen LogP contribution in [-0.4, -0.2) is 24.3 Å². The van der Waals surface area contributed by atoms with Crippen LogP contribution >= 0.6 is 0 Å². The Morgan fingerprint density at radius 1 is 1.50 bits per heavy atom. The minimum absolute atomic E-state index is 0.265. The zero-order chi connectivity index (χ0) is 9.40. The molecule has 0 fully saturated rings. The van der Waals surface area contributed by atoms with Crippen molar-refractivity contribution in [3.63, 3.8) is 0 Å². The van der Waals surface area contributed by atoms with Gasteiger partial charge in [-0.3, -0.25) is 0 Å². The fraction of sp³-hybridized carbons (Fsp3) is 0.800. The molecule has 0 aromatic rings. The van der Waals surface area contributed by atoms with Gasteiger partial charge in [-0.05, 0) is 25.7 Å². The van der Waals surface area contributed by atoms with Crippen molar-refractivity contribution in [1.29, 1.82) is 0 Å². The molecule has 0 amide bonds. The van der Waals surface area contributed by atoms with E-state index in [1.54, 1.807) is 0 Å². The molecule has 0 bridgehead atoms. The number of hydrogen-bond donors (Lipinski definition) is 2. The van der Waals surface area contributed by atoms with Gasteiger partial charge >= 0.3 is 0 Å². The SMILES string of the molecule is C=CCCC(C)NCC(C)CO. The maximum Gasteiger partial charge on any atom is 0.0468 e. The monoisotopic (exact) mass is 171 g/mol. The number of nitrogens with one attached hydrogen (secondary N) is 1. The van der Waals surface area contributed by atoms with Crippen LogP contribution in [0.1, 0.15) is 26.7 Å². The molecule has 0 aromatic carbocycles. The van der Waals surface area contributed by atoms with Gasteiger partial charge in [0.05, 0.1) is 0 Å². The van der Waals surface area contributed by atoms with Crippen molar-refractivity contribution in [2.24, 2.45) is 5.92 Å². The maximum atomic E-state index is 8.77. The summed E-state index contributed by atoms with van der Waals surface area (Å²) in [5, 5.41) is 12.1. The lowest BCUT2D eigenvalue weighted by Crippen LogP contribution is -2.31. The van der Waals surface area contributed by atoms with Gasteiger partial charge in [-0.2, -0.15) is 0 Å². The van der Waals surface area contributed by atoms with Crippen molar-refractivity contribution in [2.45, 2.75) is 32.7 Å². The Morgan fingerprint density at radius 3 is 2.67 bits per heavy atom. The predicted molar refractivity (Wildman–Crippen MR) is 53.1 cm³/mol. The molecule has 12 heavy (non-hydrogen) atoms. The average molecular weight is 171 g/mol. The summed E-state index contributed by atoms with van der Waals surface area (Å²) in [5.41, 5.74) is 0. The van der Waals surface area contributed by atoms with Gasteiger partial charge in [0, 0.05) is 19.2 Å². The highest BCUT2D eigenvalue weighted by Crippen LogP contribution is 1.98. The second-order valence-corrected chi connectivity index (χ2v) is 3.46. The van der Waals surface area contributed by atoms with E-state index in [9.17, 15) is 0 Å². The first-order chi connectivity index (χ1) is 5.70. The smallest absolute Gasteiger partial charge is 0.0468 e. The Balaban J connectivity index is 3.29. The number of aliphatic hydroxyl groups excluding tert-OH is 1. The molecule has 2 nitrogen and oxygen atoms in total. The van der Waals surface area contributed by atoms with Crippen LogP contribution in [0.3, 0.4) is 0 Å². The molecule has 2 atom stereocenters. The minimum atomic E-state index is 0.265. The quantitative estimate of drug-likeness (QED) is 0.570. The molecular formula is C10H21NO. The first kappa shape index (κ1) is 11.7. The molecule has 0 radical (unpaired) electrons. The van der Waals surface area contributed by atoms with Gasteiger partial charge in [0.15, 0.2) is 0 Å². The van der Waals surface area contributed by atoms with Gasteiger partial charge in [-0.1, -0.05) is 13.0 Å². The van der Waals surface area contributed by atoms with E-state index in [2.05, 4.69) is 18.8 Å². The van der Waals surface area contributed by atoms with E-state index < -0.39 is 0 Å². The van der Waals surface area contributed by atoms with Crippen molar-refractivity contribution in [2.75, 3.05) is 13.2 Å². The Bertz CT molecular complexity index is 114. The van der Waals surface area contributed by atoms with E-state index in [0.29, 0.717) is 12.0 Å². The summed E-state index contributed by atoms with van der Waals surface area (Å²) in [5.74, 6) is 0.358. The summed E-state index contributed by atoms with van der Waals surface area (Å²) in [7, 11) is 0. The van der Waals surface area contributed by atoms with Crippen LogP contribution in [0, 0.1) is 5.92 Å². The van der Waals surface area contributed by atoms with Gasteiger partial charge in [-0.15, -0.1) is 6.58 Å². The fourth-order valence-corrected chi connectivity index (χ4v) is 0.937. The largest absolute Gasteiger partial charge is 0.396 e. The predicted octanol–water partition coefficient (Wildman–Crippen LogP) is 1.56. The third-order valence-corrected chi connectivity index (χ3v) is 1.93. The Labute approximate surface area is 75.7 Å². The molecule has 0 saturated carbocycles. The standard InChI is InChI=1S/C10H21NO/c1-4-5-6-10(3)11-7-9(2)8-12/h4,9-12H,1,5-8H2,2-3H3. The van der Waals surface area contributed by atoms with Crippen LogP contribution in [0.4, 0.5) is 0 Å². The zero-order valence-corrected chi connectivity index (χ0v) is 8.21. The molecule has 0 saturated heterocycles. The van der Waals surface area contributed by atoms with Crippen LogP contribution in [0.5, 0.6) is 0 Å². The molecule has 0 heterocycles. The molecule has 0 aliphatic carbocycles. The van der Waals surface area contributed by atoms with Crippen LogP contribution in [-0.2, 0) is 0 Å². The molecule has 0 rings (SSSR count). The van der Waals surface area contributed by atoms with E-state index in [1.165, 1.54) is 0 Å². The van der Waals surface area contributed by atoms with Crippen molar-refractivity contribution < 1.29 is 5.11 Å². The van der Waals surface area contributed by atoms with E-state index in [4.69, 9.17) is 5.11 Å². The lowest BCUT2D eigenvalue weighted by atomic mass is 10.1. The van der Waals surface area contributed by atoms with E-state index in [-0.39, 0.29) is 6.61 Å². The van der Waals surface area contributed by atoms with Crippen LogP contribution < -0.4 is 5.32 Å². The van der Waals surface area contributed by atoms with Gasteiger partial charge in [0.1, 0.15) is 0 Å². The second-order valence-electron chi connectivity index (χ2n) is 3.46. The van der Waals surface area contributed by atoms with Gasteiger partial charge in [0.2, 0.25) is 0 Å². The van der Waals surface area contributed by atoms with Crippen LogP contribution in [0.25, 0.3) is 0 Å². The van der Waals surface area contributed by atoms with Crippen LogP contribution in [0.15, 0.2) is 12.7 Å². The number of rotatable bonds is 7. The molecule has 0 aromatic heterocycles. The van der Waals surface area contributed by atoms with Crippen molar-refractivity contribution in [3.05, 3.63) is 12.7 Å². The highest BCUT2D eigenvalue weighted by molar-refractivity contribution is 4.71. The topological polar surface area (TPSA) is 32.3 Å². The lowest BCUT2D eigenvalue weighted by Gasteiger charge is -2.15. The summed E-state index contributed by atoms with van der Waals surface area (Å²) in [6, 6.07) is 0.525. The fourth-order valence-electron chi connectivity index (χ4n) is 0.937. The van der Waals surface area contributed by atoms with Gasteiger partial charge in [-0.25, -0.2) is 0 Å². The second kappa shape index (κ2) is 7.32. The highest BCUT2D eigenvalue weighted by atomic mass is 16.3. The highest BCUT2D eigenvalue weighted by Gasteiger charge is 2.02. The average Bonchev–Trinajstić information content (AvgIpc) is 2.10.